The van der Waals surface area contributed by atoms with Crippen LogP contribution in [0.3, 0.4) is 0 Å². The number of fused-ring (bicyclic) bond motifs is 1. The van der Waals surface area contributed by atoms with Crippen molar-refractivity contribution in [3.63, 3.8) is 0 Å². The summed E-state index contributed by atoms with van der Waals surface area (Å²) >= 11 is 6.36. The maximum Gasteiger partial charge on any atom is 0.295 e. The van der Waals surface area contributed by atoms with Crippen molar-refractivity contribution in [2.24, 2.45) is 0 Å². The molecule has 3 heterocycles. The number of anilines is 1. The van der Waals surface area contributed by atoms with Crippen LogP contribution >= 0.6 is 11.6 Å². The molecule has 184 valence electrons. The minimum Gasteiger partial charge on any atom is -0.390 e. The van der Waals surface area contributed by atoms with Gasteiger partial charge in [-0.3, -0.25) is 0 Å². The highest BCUT2D eigenvalue weighted by Crippen LogP contribution is 2.33. The summed E-state index contributed by atoms with van der Waals surface area (Å²) in [5, 5.41) is 13.8. The van der Waals surface area contributed by atoms with Crippen molar-refractivity contribution in [3.8, 4) is 11.3 Å². The number of piperidine rings is 1. The summed E-state index contributed by atoms with van der Waals surface area (Å²) in [6, 6.07) is 4.37. The SMILES string of the molecule is CC(C)n1c(C(F)F)nc2ccc(-c3nc(N[C@@H]4CCN(S(C)(=O)=O)C[C@H]4O)ncc3Cl)cc21. The second-order valence-electron chi connectivity index (χ2n) is 8.56. The van der Waals surface area contributed by atoms with Gasteiger partial charge < -0.3 is 15.0 Å². The number of rotatable bonds is 6. The average Bonchev–Trinajstić information content (AvgIpc) is 3.15. The lowest BCUT2D eigenvalue weighted by atomic mass is 10.0. The van der Waals surface area contributed by atoms with Crippen LogP contribution < -0.4 is 5.32 Å². The van der Waals surface area contributed by atoms with Crippen LogP contribution in [-0.4, -0.2) is 68.8 Å². The fourth-order valence-corrected chi connectivity index (χ4v) is 5.19. The van der Waals surface area contributed by atoms with Crippen molar-refractivity contribution in [2.75, 3.05) is 24.7 Å². The number of aromatic nitrogens is 4. The van der Waals surface area contributed by atoms with E-state index in [1.807, 2.05) is 0 Å². The summed E-state index contributed by atoms with van der Waals surface area (Å²) in [6.45, 7) is 3.84. The molecule has 0 aliphatic carbocycles. The molecule has 0 spiro atoms. The number of hydrogen-bond donors (Lipinski definition) is 2. The lowest BCUT2D eigenvalue weighted by Gasteiger charge is -2.34. The molecule has 2 N–H and O–H groups in total. The van der Waals surface area contributed by atoms with Crippen LogP contribution in [0.25, 0.3) is 22.3 Å². The Morgan fingerprint density at radius 1 is 1.26 bits per heavy atom. The molecule has 0 unspecified atom stereocenters. The van der Waals surface area contributed by atoms with Crippen molar-refractivity contribution < 1.29 is 22.3 Å². The van der Waals surface area contributed by atoms with Gasteiger partial charge in [-0.1, -0.05) is 17.7 Å². The predicted octanol–water partition coefficient (Wildman–Crippen LogP) is 3.47. The molecule has 2 aromatic heterocycles. The molecule has 4 rings (SSSR count). The van der Waals surface area contributed by atoms with Gasteiger partial charge in [0.05, 0.1) is 46.3 Å². The highest BCUT2D eigenvalue weighted by atomic mass is 35.5. The monoisotopic (exact) mass is 514 g/mol. The quantitative estimate of drug-likeness (QED) is 0.517. The maximum absolute atomic E-state index is 13.5. The number of nitrogens with one attached hydrogen (secondary N) is 1. The molecule has 9 nitrogen and oxygen atoms in total. The van der Waals surface area contributed by atoms with Gasteiger partial charge >= 0.3 is 0 Å². The Labute approximate surface area is 200 Å². The van der Waals surface area contributed by atoms with E-state index in [2.05, 4.69) is 20.3 Å². The van der Waals surface area contributed by atoms with Gasteiger partial charge in [-0.25, -0.2) is 32.2 Å². The zero-order chi connectivity index (χ0) is 24.8. The highest BCUT2D eigenvalue weighted by molar-refractivity contribution is 7.88. The highest BCUT2D eigenvalue weighted by Gasteiger charge is 2.32. The van der Waals surface area contributed by atoms with E-state index >= 15 is 0 Å². The van der Waals surface area contributed by atoms with Crippen molar-refractivity contribution in [2.45, 2.75) is 44.9 Å². The van der Waals surface area contributed by atoms with Crippen LogP contribution in [-0.2, 0) is 10.0 Å². The number of halogens is 3. The van der Waals surface area contributed by atoms with E-state index < -0.39 is 28.6 Å². The first kappa shape index (κ1) is 24.7. The molecule has 1 aromatic carbocycles. The second-order valence-corrected chi connectivity index (χ2v) is 10.9. The minimum atomic E-state index is -3.39. The Morgan fingerprint density at radius 2 is 2.00 bits per heavy atom. The third kappa shape index (κ3) is 4.85. The fourth-order valence-electron chi connectivity index (χ4n) is 4.13. The predicted molar refractivity (Wildman–Crippen MR) is 126 cm³/mol. The van der Waals surface area contributed by atoms with Crippen LogP contribution in [0.4, 0.5) is 14.7 Å². The molecule has 1 fully saturated rings. The number of sulfonamides is 1. The summed E-state index contributed by atoms with van der Waals surface area (Å²) in [5.41, 5.74) is 1.96. The van der Waals surface area contributed by atoms with Crippen molar-refractivity contribution in [1.29, 1.82) is 0 Å². The molecule has 0 saturated carbocycles. The van der Waals surface area contributed by atoms with Gasteiger partial charge in [0.15, 0.2) is 5.82 Å². The van der Waals surface area contributed by atoms with E-state index in [9.17, 15) is 22.3 Å². The van der Waals surface area contributed by atoms with Crippen LogP contribution in [0.1, 0.15) is 38.6 Å². The molecular formula is C21H25ClF2N6O3S. The molecule has 13 heteroatoms. The van der Waals surface area contributed by atoms with Gasteiger partial charge in [0, 0.05) is 24.7 Å². The number of hydrogen-bond acceptors (Lipinski definition) is 7. The van der Waals surface area contributed by atoms with Gasteiger partial charge in [0.2, 0.25) is 16.0 Å². The first-order valence-corrected chi connectivity index (χ1v) is 12.9. The topological polar surface area (TPSA) is 113 Å². The number of β-amino-alcohol motifs (C(OH)–C–C–N with tert-alkyl or cyclic N) is 1. The largest absolute Gasteiger partial charge is 0.390 e. The third-order valence-electron chi connectivity index (χ3n) is 5.77. The van der Waals surface area contributed by atoms with E-state index in [0.717, 1.165) is 6.26 Å². The first-order chi connectivity index (χ1) is 16.0. The fraction of sp³-hybridized carbons (Fsp3) is 0.476. The minimum absolute atomic E-state index is 0.0285. The van der Waals surface area contributed by atoms with Gasteiger partial charge in [-0.2, -0.15) is 4.31 Å². The average molecular weight is 515 g/mol. The summed E-state index contributed by atoms with van der Waals surface area (Å²) in [6.07, 6.45) is -0.772. The zero-order valence-electron chi connectivity index (χ0n) is 18.8. The van der Waals surface area contributed by atoms with E-state index in [0.29, 0.717) is 28.7 Å². The Balaban J connectivity index is 1.64. The van der Waals surface area contributed by atoms with Gasteiger partial charge in [0.1, 0.15) is 0 Å². The molecule has 3 aromatic rings. The van der Waals surface area contributed by atoms with Gasteiger partial charge in [-0.05, 0) is 32.4 Å². The molecule has 1 aliphatic heterocycles. The van der Waals surface area contributed by atoms with Crippen molar-refractivity contribution in [3.05, 3.63) is 35.2 Å². The summed E-state index contributed by atoms with van der Waals surface area (Å²) in [7, 11) is -3.39. The standard InChI is InChI=1S/C21H25ClF2N6O3S/c1-11(2)30-16-8-12(4-5-14(16)26-20(30)19(23)24)18-13(22)9-25-21(28-18)27-15-6-7-29(10-17(15)31)34(3,32)33/h4-5,8-9,11,15,17,19,31H,6-7,10H2,1-3H3,(H,25,27,28)/t15-,17-/m1/s1. The summed E-state index contributed by atoms with van der Waals surface area (Å²) < 4.78 is 53.2. The summed E-state index contributed by atoms with van der Waals surface area (Å²) in [4.78, 5) is 12.7. The zero-order valence-corrected chi connectivity index (χ0v) is 20.4. The Hall–Kier alpha value is -2.41. The number of alkyl halides is 2. The lowest BCUT2D eigenvalue weighted by molar-refractivity contribution is 0.0950. The van der Waals surface area contributed by atoms with Crippen LogP contribution in [0.2, 0.25) is 5.02 Å². The molecule has 0 radical (unpaired) electrons. The molecular weight excluding hydrogens is 490 g/mol. The smallest absolute Gasteiger partial charge is 0.295 e. The number of benzene rings is 1. The van der Waals surface area contributed by atoms with Gasteiger partial charge in [0.25, 0.3) is 6.43 Å². The molecule has 0 bridgehead atoms. The maximum atomic E-state index is 13.5. The van der Waals surface area contributed by atoms with Crippen LogP contribution in [0, 0.1) is 0 Å². The van der Waals surface area contributed by atoms with Crippen molar-refractivity contribution >= 4 is 38.6 Å². The Kier molecular flexibility index (Phi) is 6.78. The van der Waals surface area contributed by atoms with E-state index in [4.69, 9.17) is 11.6 Å². The van der Waals surface area contributed by atoms with Crippen LogP contribution in [0.15, 0.2) is 24.4 Å². The van der Waals surface area contributed by atoms with Crippen LogP contribution in [0.5, 0.6) is 0 Å². The molecule has 2 atom stereocenters. The van der Waals surface area contributed by atoms with Gasteiger partial charge in [-0.15, -0.1) is 0 Å². The van der Waals surface area contributed by atoms with E-state index in [1.54, 1.807) is 32.0 Å². The number of nitrogens with zero attached hydrogens (tertiary/aromatic N) is 5. The number of imidazole rings is 1. The molecule has 34 heavy (non-hydrogen) atoms. The normalized spacial score (nSPS) is 19.9. The molecule has 1 aliphatic rings. The molecule has 0 amide bonds. The third-order valence-corrected chi connectivity index (χ3v) is 7.32. The second kappa shape index (κ2) is 9.33. The number of aliphatic hydroxyl groups excluding tert-OH is 1. The van der Waals surface area contributed by atoms with E-state index in [-0.39, 0.29) is 35.9 Å². The first-order valence-electron chi connectivity index (χ1n) is 10.7. The number of aliphatic hydroxyl groups is 1. The molecule has 1 saturated heterocycles. The lowest BCUT2D eigenvalue weighted by Crippen LogP contribution is -2.51. The van der Waals surface area contributed by atoms with E-state index in [1.165, 1.54) is 15.1 Å². The Morgan fingerprint density at radius 3 is 2.62 bits per heavy atom. The Bertz CT molecular complexity index is 1320. The van der Waals surface area contributed by atoms with Crippen molar-refractivity contribution in [1.82, 2.24) is 23.8 Å². The summed E-state index contributed by atoms with van der Waals surface area (Å²) in [5.74, 6) is -0.0882.